The fourth-order valence-electron chi connectivity index (χ4n) is 2.91. The molecule has 1 aromatic rings. The topological polar surface area (TPSA) is 21.3 Å². The first-order valence-electron chi connectivity index (χ1n) is 5.94. The molecular weight excluding hydrogens is 266 g/mol. The number of hydrogen-bond donors (Lipinski definition) is 1. The Morgan fingerprint density at radius 1 is 1.06 bits per heavy atom. The molecule has 1 saturated heterocycles. The Kier molecular flexibility index (Phi) is 2.90. The number of benzene rings is 1. The van der Waals surface area contributed by atoms with E-state index in [0.29, 0.717) is 6.10 Å². The molecule has 3 atom stereocenters. The second kappa shape index (κ2) is 4.38. The second-order valence-corrected chi connectivity index (χ2v) is 5.76. The Morgan fingerprint density at radius 2 is 1.69 bits per heavy atom. The Balaban J connectivity index is 1.62. The molecule has 86 valence electrons. The van der Waals surface area contributed by atoms with Crippen LogP contribution in [-0.2, 0) is 0 Å². The van der Waals surface area contributed by atoms with Crippen molar-refractivity contribution in [3.05, 3.63) is 28.7 Å². The van der Waals surface area contributed by atoms with Crippen LogP contribution >= 0.6 is 15.9 Å². The molecule has 0 radical (unpaired) electrons. The zero-order valence-electron chi connectivity index (χ0n) is 9.16. The minimum Gasteiger partial charge on any atom is -0.490 e. The van der Waals surface area contributed by atoms with Gasteiger partial charge in [-0.25, -0.2) is 0 Å². The third kappa shape index (κ3) is 2.11. The normalized spacial score (nSPS) is 32.7. The monoisotopic (exact) mass is 281 g/mol. The van der Waals surface area contributed by atoms with Crippen molar-refractivity contribution in [1.82, 2.24) is 5.32 Å². The van der Waals surface area contributed by atoms with Gasteiger partial charge >= 0.3 is 0 Å². The van der Waals surface area contributed by atoms with Crippen molar-refractivity contribution in [3.8, 4) is 5.75 Å². The summed E-state index contributed by atoms with van der Waals surface area (Å²) >= 11 is 3.43. The molecule has 2 fully saturated rings. The highest BCUT2D eigenvalue weighted by Crippen LogP contribution is 2.36. The van der Waals surface area contributed by atoms with Gasteiger partial charge in [0, 0.05) is 4.47 Å². The van der Waals surface area contributed by atoms with Gasteiger partial charge in [0.1, 0.15) is 5.75 Å². The van der Waals surface area contributed by atoms with Crippen LogP contribution in [0.1, 0.15) is 12.8 Å². The van der Waals surface area contributed by atoms with Crippen LogP contribution in [0.25, 0.3) is 0 Å². The van der Waals surface area contributed by atoms with Crippen molar-refractivity contribution >= 4 is 15.9 Å². The zero-order valence-corrected chi connectivity index (χ0v) is 10.7. The molecule has 1 aliphatic heterocycles. The van der Waals surface area contributed by atoms with Crippen molar-refractivity contribution in [3.63, 3.8) is 0 Å². The van der Waals surface area contributed by atoms with Gasteiger partial charge in [0.2, 0.25) is 0 Å². The van der Waals surface area contributed by atoms with Crippen LogP contribution in [0.4, 0.5) is 0 Å². The molecule has 3 rings (SSSR count). The maximum atomic E-state index is 6.02. The van der Waals surface area contributed by atoms with Crippen LogP contribution < -0.4 is 10.1 Å². The average molecular weight is 282 g/mol. The quantitative estimate of drug-likeness (QED) is 0.900. The number of ether oxygens (including phenoxy) is 1. The third-order valence-corrected chi connectivity index (χ3v) is 4.26. The number of halogens is 1. The molecule has 0 amide bonds. The summed E-state index contributed by atoms with van der Waals surface area (Å²) in [5.74, 6) is 2.70. The highest BCUT2D eigenvalue weighted by molar-refractivity contribution is 9.10. The Hall–Kier alpha value is -0.540. The van der Waals surface area contributed by atoms with Crippen molar-refractivity contribution in [2.75, 3.05) is 13.1 Å². The lowest BCUT2D eigenvalue weighted by Crippen LogP contribution is -2.18. The molecule has 0 unspecified atom stereocenters. The molecule has 16 heavy (non-hydrogen) atoms. The van der Waals surface area contributed by atoms with Crippen molar-refractivity contribution < 1.29 is 4.74 Å². The first kappa shape index (κ1) is 10.6. The molecule has 0 aromatic heterocycles. The first-order chi connectivity index (χ1) is 7.81. The predicted octanol–water partition coefficient (Wildman–Crippen LogP) is 2.83. The van der Waals surface area contributed by atoms with Gasteiger partial charge in [0.15, 0.2) is 0 Å². The van der Waals surface area contributed by atoms with E-state index in [1.54, 1.807) is 0 Å². The third-order valence-electron chi connectivity index (χ3n) is 3.73. The van der Waals surface area contributed by atoms with Gasteiger partial charge < -0.3 is 10.1 Å². The van der Waals surface area contributed by atoms with Crippen molar-refractivity contribution in [1.29, 1.82) is 0 Å². The van der Waals surface area contributed by atoms with E-state index in [1.165, 1.54) is 25.9 Å². The van der Waals surface area contributed by atoms with E-state index in [1.807, 2.05) is 24.3 Å². The average Bonchev–Trinajstić information content (AvgIpc) is 2.81. The summed E-state index contributed by atoms with van der Waals surface area (Å²) in [4.78, 5) is 0. The summed E-state index contributed by atoms with van der Waals surface area (Å²) < 4.78 is 7.12. The molecule has 2 aliphatic rings. The summed E-state index contributed by atoms with van der Waals surface area (Å²) in [5.41, 5.74) is 0. The molecule has 0 bridgehead atoms. The van der Waals surface area contributed by atoms with E-state index < -0.39 is 0 Å². The largest absolute Gasteiger partial charge is 0.490 e. The number of fused-ring (bicyclic) bond motifs is 1. The van der Waals surface area contributed by atoms with E-state index in [9.17, 15) is 0 Å². The zero-order chi connectivity index (χ0) is 11.0. The maximum Gasteiger partial charge on any atom is 0.119 e. The fraction of sp³-hybridized carbons (Fsp3) is 0.538. The van der Waals surface area contributed by atoms with Crippen LogP contribution in [0, 0.1) is 11.8 Å². The Labute approximate surface area is 105 Å². The SMILES string of the molecule is Brc1ccc(O[C@H]2C[C@H]3CNC[C@H]3C2)cc1. The summed E-state index contributed by atoms with van der Waals surface area (Å²) in [6, 6.07) is 8.15. The summed E-state index contributed by atoms with van der Waals surface area (Å²) in [6.45, 7) is 2.37. The minimum atomic E-state index is 0.429. The van der Waals surface area contributed by atoms with E-state index in [0.717, 1.165) is 22.1 Å². The standard InChI is InChI=1S/C13H16BrNO/c14-11-1-3-12(4-2-11)16-13-5-9-7-15-8-10(9)6-13/h1-4,9-10,13,15H,5-8H2/t9-,10+,13-. The lowest BCUT2D eigenvalue weighted by atomic mass is 10.0. The molecule has 3 heteroatoms. The lowest BCUT2D eigenvalue weighted by molar-refractivity contribution is 0.199. The second-order valence-electron chi connectivity index (χ2n) is 4.84. The van der Waals surface area contributed by atoms with Crippen molar-refractivity contribution in [2.45, 2.75) is 18.9 Å². The fourth-order valence-corrected chi connectivity index (χ4v) is 3.18. The molecule has 1 aliphatic carbocycles. The van der Waals surface area contributed by atoms with Crippen LogP contribution in [0.2, 0.25) is 0 Å². The summed E-state index contributed by atoms with van der Waals surface area (Å²) in [6.07, 6.45) is 2.86. The molecule has 1 aromatic carbocycles. The maximum absolute atomic E-state index is 6.02. The van der Waals surface area contributed by atoms with Crippen LogP contribution in [0.15, 0.2) is 28.7 Å². The lowest BCUT2D eigenvalue weighted by Gasteiger charge is -2.14. The van der Waals surface area contributed by atoms with E-state index in [2.05, 4.69) is 21.2 Å². The summed E-state index contributed by atoms with van der Waals surface area (Å²) in [7, 11) is 0. The van der Waals surface area contributed by atoms with Gasteiger partial charge in [0.05, 0.1) is 6.10 Å². The van der Waals surface area contributed by atoms with Crippen LogP contribution in [0.3, 0.4) is 0 Å². The van der Waals surface area contributed by atoms with Gasteiger partial charge in [0.25, 0.3) is 0 Å². The van der Waals surface area contributed by atoms with E-state index in [4.69, 9.17) is 4.74 Å². The summed E-state index contributed by atoms with van der Waals surface area (Å²) in [5, 5.41) is 3.45. The Morgan fingerprint density at radius 3 is 2.31 bits per heavy atom. The van der Waals surface area contributed by atoms with Gasteiger partial charge in [-0.15, -0.1) is 0 Å². The molecule has 1 heterocycles. The molecule has 0 spiro atoms. The highest BCUT2D eigenvalue weighted by Gasteiger charge is 2.38. The van der Waals surface area contributed by atoms with E-state index >= 15 is 0 Å². The number of rotatable bonds is 2. The number of nitrogens with one attached hydrogen (secondary N) is 1. The van der Waals surface area contributed by atoms with Gasteiger partial charge in [-0.3, -0.25) is 0 Å². The molecular formula is C13H16BrNO. The Bertz CT molecular complexity index is 353. The predicted molar refractivity (Wildman–Crippen MR) is 67.6 cm³/mol. The number of hydrogen-bond acceptors (Lipinski definition) is 2. The van der Waals surface area contributed by atoms with Crippen LogP contribution in [0.5, 0.6) is 5.75 Å². The van der Waals surface area contributed by atoms with E-state index in [-0.39, 0.29) is 0 Å². The van der Waals surface area contributed by atoms with Crippen LogP contribution in [-0.4, -0.2) is 19.2 Å². The van der Waals surface area contributed by atoms with Gasteiger partial charge in [-0.2, -0.15) is 0 Å². The van der Waals surface area contributed by atoms with Gasteiger partial charge in [-0.1, -0.05) is 15.9 Å². The highest BCUT2D eigenvalue weighted by atomic mass is 79.9. The molecule has 1 saturated carbocycles. The molecule has 2 nitrogen and oxygen atoms in total. The first-order valence-corrected chi connectivity index (χ1v) is 6.73. The molecule has 1 N–H and O–H groups in total. The van der Waals surface area contributed by atoms with Gasteiger partial charge in [-0.05, 0) is 62.0 Å². The minimum absolute atomic E-state index is 0.429. The smallest absolute Gasteiger partial charge is 0.119 e. The van der Waals surface area contributed by atoms with Crippen molar-refractivity contribution in [2.24, 2.45) is 11.8 Å².